The Morgan fingerprint density at radius 2 is 1.64 bits per heavy atom. The Hall–Kier alpha value is -4.46. The lowest BCUT2D eigenvalue weighted by Gasteiger charge is -2.22. The Balaban J connectivity index is 1.53. The van der Waals surface area contributed by atoms with Crippen LogP contribution in [0.1, 0.15) is 30.5 Å². The third kappa shape index (κ3) is 5.27. The summed E-state index contributed by atoms with van der Waals surface area (Å²) in [5, 5.41) is 8.12. The maximum Gasteiger partial charge on any atom is 0.319 e. The number of anilines is 2. The predicted octanol–water partition coefficient (Wildman–Crippen LogP) is 3.72. The molecule has 0 unspecified atom stereocenters. The topological polar surface area (TPSA) is 103 Å². The van der Waals surface area contributed by atoms with Crippen LogP contribution in [-0.4, -0.2) is 42.8 Å². The van der Waals surface area contributed by atoms with E-state index in [1.54, 1.807) is 20.0 Å². The van der Waals surface area contributed by atoms with Gasteiger partial charge in [-0.3, -0.25) is 9.59 Å². The van der Waals surface area contributed by atoms with Crippen LogP contribution < -0.4 is 20.9 Å². The number of aliphatic imine (C=N–C) groups is 1. The molecule has 0 aromatic heterocycles. The highest BCUT2D eigenvalue weighted by molar-refractivity contribution is 6.20. The van der Waals surface area contributed by atoms with Crippen LogP contribution in [0.2, 0.25) is 0 Å². The number of aryl methyl sites for hydroxylation is 1. The summed E-state index contributed by atoms with van der Waals surface area (Å²) in [5.41, 5.74) is 4.58. The Labute approximate surface area is 210 Å². The quantitative estimate of drug-likeness (QED) is 0.498. The molecule has 36 heavy (non-hydrogen) atoms. The van der Waals surface area contributed by atoms with Crippen molar-refractivity contribution in [1.29, 1.82) is 0 Å². The zero-order valence-electron chi connectivity index (χ0n) is 20.5. The van der Waals surface area contributed by atoms with E-state index in [2.05, 4.69) is 20.9 Å². The number of hydrogen-bond donors (Lipinski definition) is 3. The van der Waals surface area contributed by atoms with E-state index in [0.717, 1.165) is 23.1 Å². The highest BCUT2D eigenvalue weighted by atomic mass is 16.2. The van der Waals surface area contributed by atoms with Gasteiger partial charge in [-0.25, -0.2) is 9.79 Å². The largest absolute Gasteiger partial charge is 0.326 e. The van der Waals surface area contributed by atoms with Gasteiger partial charge in [-0.05, 0) is 31.0 Å². The first kappa shape index (κ1) is 24.7. The van der Waals surface area contributed by atoms with Crippen LogP contribution in [0.4, 0.5) is 16.2 Å². The van der Waals surface area contributed by atoms with Gasteiger partial charge < -0.3 is 20.9 Å². The molecule has 0 bridgehead atoms. The molecule has 1 aliphatic rings. The second-order valence-corrected chi connectivity index (χ2v) is 8.50. The second kappa shape index (κ2) is 10.9. The fraction of sp³-hybridized carbons (Fsp3) is 0.214. The van der Waals surface area contributed by atoms with E-state index in [1.807, 2.05) is 79.7 Å². The molecule has 1 aliphatic heterocycles. The SMILES string of the molecule is CCc1ccccc1NC(=O)N[C@@H](C)C(=O)N[C@H]1N=C(c2ccccc2)c2ccccc2N(C)C1=O. The number of hydrogen-bond acceptors (Lipinski definition) is 4. The summed E-state index contributed by atoms with van der Waals surface area (Å²) in [4.78, 5) is 45.0. The normalized spacial score (nSPS) is 15.8. The van der Waals surface area contributed by atoms with Crippen molar-refractivity contribution < 1.29 is 14.4 Å². The highest BCUT2D eigenvalue weighted by Gasteiger charge is 2.32. The number of nitrogens with one attached hydrogen (secondary N) is 3. The molecule has 0 saturated heterocycles. The summed E-state index contributed by atoms with van der Waals surface area (Å²) in [7, 11) is 1.66. The average Bonchev–Trinajstić information content (AvgIpc) is 3.00. The molecule has 0 radical (unpaired) electrons. The zero-order chi connectivity index (χ0) is 25.7. The van der Waals surface area contributed by atoms with E-state index in [-0.39, 0.29) is 5.91 Å². The number of likely N-dealkylation sites (N-methyl/N-ethyl adjacent to an activating group) is 1. The van der Waals surface area contributed by atoms with Crippen LogP contribution in [-0.2, 0) is 16.0 Å². The van der Waals surface area contributed by atoms with Crippen molar-refractivity contribution in [3.63, 3.8) is 0 Å². The van der Waals surface area contributed by atoms with E-state index in [0.29, 0.717) is 17.1 Å². The number of benzodiazepines with no additional fused rings is 1. The lowest BCUT2D eigenvalue weighted by molar-refractivity contribution is -0.128. The number of nitrogens with zero attached hydrogens (tertiary/aromatic N) is 2. The van der Waals surface area contributed by atoms with Crippen molar-refractivity contribution in [3.05, 3.63) is 95.6 Å². The van der Waals surface area contributed by atoms with Crippen molar-refractivity contribution >= 4 is 34.9 Å². The Bertz CT molecular complexity index is 1310. The molecular formula is C28H29N5O3. The van der Waals surface area contributed by atoms with Gasteiger partial charge in [0.1, 0.15) is 6.04 Å². The molecule has 4 rings (SSSR count). The fourth-order valence-corrected chi connectivity index (χ4v) is 4.07. The first-order chi connectivity index (χ1) is 17.4. The molecular weight excluding hydrogens is 454 g/mol. The summed E-state index contributed by atoms with van der Waals surface area (Å²) in [6, 6.07) is 23.1. The summed E-state index contributed by atoms with van der Waals surface area (Å²) >= 11 is 0. The molecule has 184 valence electrons. The van der Waals surface area contributed by atoms with Gasteiger partial charge in [-0.1, -0.05) is 73.7 Å². The third-order valence-electron chi connectivity index (χ3n) is 6.06. The van der Waals surface area contributed by atoms with Crippen molar-refractivity contribution in [3.8, 4) is 0 Å². The van der Waals surface area contributed by atoms with Crippen molar-refractivity contribution in [2.45, 2.75) is 32.5 Å². The van der Waals surface area contributed by atoms with Crippen LogP contribution in [0.5, 0.6) is 0 Å². The number of rotatable bonds is 6. The first-order valence-corrected chi connectivity index (χ1v) is 11.8. The van der Waals surface area contributed by atoms with Gasteiger partial charge in [0.25, 0.3) is 5.91 Å². The molecule has 3 N–H and O–H groups in total. The molecule has 8 nitrogen and oxygen atoms in total. The number of benzene rings is 3. The molecule has 0 saturated carbocycles. The first-order valence-electron chi connectivity index (χ1n) is 11.8. The molecule has 3 aromatic rings. The highest BCUT2D eigenvalue weighted by Crippen LogP contribution is 2.27. The van der Waals surface area contributed by atoms with Crippen LogP contribution in [0.25, 0.3) is 0 Å². The van der Waals surface area contributed by atoms with Crippen molar-refractivity contribution in [1.82, 2.24) is 10.6 Å². The standard InChI is InChI=1S/C28H29N5O3/c1-4-19-12-8-10-16-22(19)30-28(36)29-18(2)26(34)32-25-27(35)33(3)23-17-11-9-15-21(23)24(31-25)20-13-6-5-7-14-20/h5-18,25H,4H2,1-3H3,(H,32,34)(H2,29,30,36)/t18-,25+/m0/s1. The van der Waals surface area contributed by atoms with Gasteiger partial charge >= 0.3 is 6.03 Å². The predicted molar refractivity (Wildman–Crippen MR) is 141 cm³/mol. The minimum Gasteiger partial charge on any atom is -0.326 e. The van der Waals surface area contributed by atoms with Crippen LogP contribution >= 0.6 is 0 Å². The molecule has 0 spiro atoms. The number of urea groups is 1. The Kier molecular flexibility index (Phi) is 7.44. The van der Waals surface area contributed by atoms with Gasteiger partial charge in [0, 0.05) is 23.9 Å². The lowest BCUT2D eigenvalue weighted by Crippen LogP contribution is -2.52. The summed E-state index contributed by atoms with van der Waals surface area (Å²) < 4.78 is 0. The Morgan fingerprint density at radius 1 is 0.972 bits per heavy atom. The Morgan fingerprint density at radius 3 is 2.39 bits per heavy atom. The van der Waals surface area contributed by atoms with Gasteiger partial charge in [0.2, 0.25) is 12.1 Å². The van der Waals surface area contributed by atoms with Crippen molar-refractivity contribution in [2.75, 3.05) is 17.3 Å². The average molecular weight is 484 g/mol. The smallest absolute Gasteiger partial charge is 0.319 e. The number of para-hydroxylation sites is 2. The number of amides is 4. The summed E-state index contributed by atoms with van der Waals surface area (Å²) in [5.74, 6) is -0.905. The molecule has 4 amide bonds. The lowest BCUT2D eigenvalue weighted by atomic mass is 10.0. The van der Waals surface area contributed by atoms with E-state index in [9.17, 15) is 14.4 Å². The van der Waals surface area contributed by atoms with Gasteiger partial charge in [-0.2, -0.15) is 0 Å². The summed E-state index contributed by atoms with van der Waals surface area (Å²) in [6.45, 7) is 3.56. The third-order valence-corrected chi connectivity index (χ3v) is 6.06. The van der Waals surface area contributed by atoms with Crippen molar-refractivity contribution in [2.24, 2.45) is 4.99 Å². The number of fused-ring (bicyclic) bond motifs is 1. The van der Waals surface area contributed by atoms with Gasteiger partial charge in [0.05, 0.1) is 11.4 Å². The molecule has 0 aliphatic carbocycles. The molecule has 8 heteroatoms. The number of carbonyl (C=O) groups excluding carboxylic acids is 3. The molecule has 2 atom stereocenters. The van der Waals surface area contributed by atoms with Gasteiger partial charge in [-0.15, -0.1) is 0 Å². The second-order valence-electron chi connectivity index (χ2n) is 8.50. The molecule has 3 aromatic carbocycles. The van der Waals surface area contributed by atoms with Gasteiger partial charge in [0.15, 0.2) is 0 Å². The summed E-state index contributed by atoms with van der Waals surface area (Å²) in [6.07, 6.45) is -0.397. The maximum absolute atomic E-state index is 13.3. The maximum atomic E-state index is 13.3. The van der Waals surface area contributed by atoms with Crippen LogP contribution in [0.15, 0.2) is 83.9 Å². The minimum atomic E-state index is -1.15. The molecule has 0 fully saturated rings. The van der Waals surface area contributed by atoms with E-state index in [4.69, 9.17) is 0 Å². The fourth-order valence-electron chi connectivity index (χ4n) is 4.07. The zero-order valence-corrected chi connectivity index (χ0v) is 20.5. The molecule has 1 heterocycles. The van der Waals surface area contributed by atoms with E-state index >= 15 is 0 Å². The monoisotopic (exact) mass is 483 g/mol. The minimum absolute atomic E-state index is 0.379. The van der Waals surface area contributed by atoms with Crippen LogP contribution in [0.3, 0.4) is 0 Å². The van der Waals surface area contributed by atoms with E-state index in [1.165, 1.54) is 4.90 Å². The number of carbonyl (C=O) groups is 3. The van der Waals surface area contributed by atoms with E-state index < -0.39 is 24.1 Å². The van der Waals surface area contributed by atoms with Crippen LogP contribution in [0, 0.1) is 0 Å².